The Morgan fingerprint density at radius 2 is 2.05 bits per heavy atom. The Balaban J connectivity index is 2.31. The van der Waals surface area contributed by atoms with Gasteiger partial charge in [0, 0.05) is 5.54 Å². The summed E-state index contributed by atoms with van der Waals surface area (Å²) in [6.45, 7) is 5.22. The van der Waals surface area contributed by atoms with E-state index < -0.39 is 17.7 Å². The van der Waals surface area contributed by atoms with Gasteiger partial charge in [-0.3, -0.25) is 9.69 Å². The SMILES string of the molecule is CC(C)(C)N(C(=O)O)[C@H]1COc2ccccc2NC1=O. The molecular weight excluding hydrogens is 260 g/mol. The van der Waals surface area contributed by atoms with Crippen LogP contribution >= 0.6 is 0 Å². The van der Waals surface area contributed by atoms with Crippen LogP contribution in [0.3, 0.4) is 0 Å². The summed E-state index contributed by atoms with van der Waals surface area (Å²) >= 11 is 0. The lowest BCUT2D eigenvalue weighted by atomic mass is 10.0. The van der Waals surface area contributed by atoms with Gasteiger partial charge in [0.25, 0.3) is 5.91 Å². The first-order valence-electron chi connectivity index (χ1n) is 6.35. The summed E-state index contributed by atoms with van der Waals surface area (Å²) < 4.78 is 5.57. The number of carbonyl (C=O) groups excluding carboxylic acids is 1. The molecule has 0 saturated heterocycles. The molecule has 20 heavy (non-hydrogen) atoms. The van der Waals surface area contributed by atoms with E-state index in [-0.39, 0.29) is 12.5 Å². The van der Waals surface area contributed by atoms with Gasteiger partial charge in [-0.25, -0.2) is 4.79 Å². The van der Waals surface area contributed by atoms with Crippen molar-refractivity contribution in [2.45, 2.75) is 32.4 Å². The Morgan fingerprint density at radius 1 is 1.40 bits per heavy atom. The summed E-state index contributed by atoms with van der Waals surface area (Å²) in [5.41, 5.74) is -0.146. The van der Waals surface area contributed by atoms with Crippen molar-refractivity contribution in [2.24, 2.45) is 0 Å². The minimum Gasteiger partial charge on any atom is -0.489 e. The van der Waals surface area contributed by atoms with Crippen molar-refractivity contribution >= 4 is 17.7 Å². The van der Waals surface area contributed by atoms with Crippen molar-refractivity contribution in [1.82, 2.24) is 4.90 Å². The first-order valence-corrected chi connectivity index (χ1v) is 6.35. The number of hydrogen-bond donors (Lipinski definition) is 2. The fourth-order valence-corrected chi connectivity index (χ4v) is 2.24. The van der Waals surface area contributed by atoms with E-state index in [0.29, 0.717) is 11.4 Å². The summed E-state index contributed by atoms with van der Waals surface area (Å²) in [4.78, 5) is 24.9. The molecular formula is C14H18N2O4. The Kier molecular flexibility index (Phi) is 3.57. The van der Waals surface area contributed by atoms with Crippen molar-refractivity contribution in [3.05, 3.63) is 24.3 Å². The molecule has 2 N–H and O–H groups in total. The van der Waals surface area contributed by atoms with Gasteiger partial charge in [0.15, 0.2) is 0 Å². The molecule has 0 unspecified atom stereocenters. The average molecular weight is 278 g/mol. The van der Waals surface area contributed by atoms with Gasteiger partial charge >= 0.3 is 6.09 Å². The molecule has 1 aliphatic rings. The Hall–Kier alpha value is -2.24. The van der Waals surface area contributed by atoms with Gasteiger partial charge in [0.2, 0.25) is 0 Å². The molecule has 1 atom stereocenters. The second-order valence-electron chi connectivity index (χ2n) is 5.64. The van der Waals surface area contributed by atoms with E-state index in [1.54, 1.807) is 45.0 Å². The number of nitrogens with zero attached hydrogens (tertiary/aromatic N) is 1. The lowest BCUT2D eigenvalue weighted by Crippen LogP contribution is -2.57. The number of rotatable bonds is 1. The Labute approximate surface area is 117 Å². The number of carboxylic acid groups (broad SMARTS) is 1. The number of anilines is 1. The van der Waals surface area contributed by atoms with Gasteiger partial charge in [-0.05, 0) is 32.9 Å². The maximum atomic E-state index is 12.3. The van der Waals surface area contributed by atoms with E-state index in [4.69, 9.17) is 4.74 Å². The zero-order valence-corrected chi connectivity index (χ0v) is 11.7. The quantitative estimate of drug-likeness (QED) is 0.825. The topological polar surface area (TPSA) is 78.9 Å². The second kappa shape index (κ2) is 5.03. The van der Waals surface area contributed by atoms with Gasteiger partial charge in [-0.2, -0.15) is 0 Å². The molecule has 2 amide bonds. The van der Waals surface area contributed by atoms with E-state index in [9.17, 15) is 14.7 Å². The summed E-state index contributed by atoms with van der Waals surface area (Å²) in [6, 6.07) is 6.14. The molecule has 108 valence electrons. The molecule has 0 aromatic heterocycles. The summed E-state index contributed by atoms with van der Waals surface area (Å²) in [5.74, 6) is 0.162. The molecule has 1 aromatic rings. The van der Waals surface area contributed by atoms with E-state index >= 15 is 0 Å². The first-order chi connectivity index (χ1) is 9.30. The lowest BCUT2D eigenvalue weighted by molar-refractivity contribution is -0.123. The molecule has 0 saturated carbocycles. The number of nitrogens with one attached hydrogen (secondary N) is 1. The summed E-state index contributed by atoms with van der Waals surface area (Å²) in [5, 5.41) is 12.1. The first kappa shape index (κ1) is 14.2. The number of hydrogen-bond acceptors (Lipinski definition) is 3. The molecule has 0 bridgehead atoms. The summed E-state index contributed by atoms with van der Waals surface area (Å²) in [7, 11) is 0. The predicted molar refractivity (Wildman–Crippen MR) is 74.0 cm³/mol. The molecule has 0 fully saturated rings. The zero-order chi connectivity index (χ0) is 14.9. The van der Waals surface area contributed by atoms with Crippen LogP contribution < -0.4 is 10.1 Å². The number of carbonyl (C=O) groups is 2. The van der Waals surface area contributed by atoms with Crippen LogP contribution in [0.25, 0.3) is 0 Å². The fourth-order valence-electron chi connectivity index (χ4n) is 2.24. The standard InChI is InChI=1S/C14H18N2O4/c1-14(2,3)16(13(18)19)10-8-20-11-7-5-4-6-9(11)15-12(10)17/h4-7,10H,8H2,1-3H3,(H,15,17)(H,18,19)/t10-/m0/s1. The second-order valence-corrected chi connectivity index (χ2v) is 5.64. The van der Waals surface area contributed by atoms with Crippen molar-refractivity contribution in [3.8, 4) is 5.75 Å². The molecule has 6 nitrogen and oxygen atoms in total. The van der Waals surface area contributed by atoms with Crippen LogP contribution in [-0.4, -0.2) is 40.2 Å². The molecule has 0 radical (unpaired) electrons. The fraction of sp³-hybridized carbons (Fsp3) is 0.429. The predicted octanol–water partition coefficient (Wildman–Crippen LogP) is 2.16. The van der Waals surface area contributed by atoms with Crippen LogP contribution in [0.4, 0.5) is 10.5 Å². The van der Waals surface area contributed by atoms with Gasteiger partial charge in [-0.15, -0.1) is 0 Å². The number of amides is 2. The minimum absolute atomic E-state index is 0.00752. The van der Waals surface area contributed by atoms with Gasteiger partial charge in [0.1, 0.15) is 18.4 Å². The van der Waals surface area contributed by atoms with Gasteiger partial charge < -0.3 is 15.2 Å². The monoisotopic (exact) mass is 278 g/mol. The van der Waals surface area contributed by atoms with Gasteiger partial charge in [0.05, 0.1) is 5.69 Å². The molecule has 0 aliphatic carbocycles. The molecule has 2 rings (SSSR count). The third-order valence-electron chi connectivity index (χ3n) is 3.08. The highest BCUT2D eigenvalue weighted by Gasteiger charge is 2.39. The molecule has 1 heterocycles. The third kappa shape index (κ3) is 2.68. The lowest BCUT2D eigenvalue weighted by Gasteiger charge is -2.37. The van der Waals surface area contributed by atoms with Crippen LogP contribution in [-0.2, 0) is 4.79 Å². The molecule has 0 spiro atoms. The van der Waals surface area contributed by atoms with Gasteiger partial charge in [-0.1, -0.05) is 12.1 Å². The normalized spacial score (nSPS) is 18.4. The number of fused-ring (bicyclic) bond motifs is 1. The summed E-state index contributed by atoms with van der Waals surface area (Å²) in [6.07, 6.45) is -1.15. The van der Waals surface area contributed by atoms with Crippen molar-refractivity contribution in [1.29, 1.82) is 0 Å². The smallest absolute Gasteiger partial charge is 0.408 e. The van der Waals surface area contributed by atoms with Crippen LogP contribution in [0.2, 0.25) is 0 Å². The largest absolute Gasteiger partial charge is 0.489 e. The highest BCUT2D eigenvalue weighted by atomic mass is 16.5. The highest BCUT2D eigenvalue weighted by Crippen LogP contribution is 2.28. The molecule has 6 heteroatoms. The van der Waals surface area contributed by atoms with E-state index in [1.807, 2.05) is 0 Å². The zero-order valence-electron chi connectivity index (χ0n) is 11.7. The number of benzene rings is 1. The average Bonchev–Trinajstić information content (AvgIpc) is 2.47. The Bertz CT molecular complexity index is 536. The number of para-hydroxylation sites is 2. The molecule has 1 aromatic carbocycles. The highest BCUT2D eigenvalue weighted by molar-refractivity contribution is 5.98. The van der Waals surface area contributed by atoms with E-state index in [1.165, 1.54) is 0 Å². The van der Waals surface area contributed by atoms with Crippen molar-refractivity contribution < 1.29 is 19.4 Å². The van der Waals surface area contributed by atoms with Crippen molar-refractivity contribution in [3.63, 3.8) is 0 Å². The van der Waals surface area contributed by atoms with Crippen LogP contribution in [0.1, 0.15) is 20.8 Å². The molecule has 1 aliphatic heterocycles. The maximum absolute atomic E-state index is 12.3. The van der Waals surface area contributed by atoms with Crippen LogP contribution in [0, 0.1) is 0 Å². The number of ether oxygens (including phenoxy) is 1. The maximum Gasteiger partial charge on any atom is 0.408 e. The minimum atomic E-state index is -1.15. The van der Waals surface area contributed by atoms with E-state index in [2.05, 4.69) is 5.32 Å². The van der Waals surface area contributed by atoms with Crippen LogP contribution in [0.15, 0.2) is 24.3 Å². The van der Waals surface area contributed by atoms with E-state index in [0.717, 1.165) is 4.90 Å². The van der Waals surface area contributed by atoms with Crippen LogP contribution in [0.5, 0.6) is 5.75 Å². The Morgan fingerprint density at radius 3 is 2.65 bits per heavy atom. The third-order valence-corrected chi connectivity index (χ3v) is 3.08. The van der Waals surface area contributed by atoms with Crippen molar-refractivity contribution in [2.75, 3.05) is 11.9 Å².